The van der Waals surface area contributed by atoms with Crippen molar-refractivity contribution >= 4 is 5.97 Å². The lowest BCUT2D eigenvalue weighted by molar-refractivity contribution is -0.143. The summed E-state index contributed by atoms with van der Waals surface area (Å²) in [5, 5.41) is 3.37. The average Bonchev–Trinajstić information content (AvgIpc) is 2.33. The lowest BCUT2D eigenvalue weighted by atomic mass is 10.1. The summed E-state index contributed by atoms with van der Waals surface area (Å²) in [6.45, 7) is 3.38. The highest BCUT2D eigenvalue weighted by atomic mass is 16.5. The molecule has 0 aromatic rings. The zero-order chi connectivity index (χ0) is 9.52. The Hall–Kier alpha value is -0.570. The van der Waals surface area contributed by atoms with Crippen LogP contribution >= 0.6 is 0 Å². The van der Waals surface area contributed by atoms with Gasteiger partial charge in [-0.2, -0.15) is 0 Å². The first-order valence-electron chi connectivity index (χ1n) is 5.22. The molecule has 0 spiro atoms. The van der Waals surface area contributed by atoms with E-state index in [0.29, 0.717) is 19.1 Å². The fourth-order valence-corrected chi connectivity index (χ4v) is 1.70. The Balaban J connectivity index is 2.21. The Bertz CT molecular complexity index is 151. The molecule has 0 unspecified atom stereocenters. The maximum Gasteiger partial charge on any atom is 0.307 e. The molecule has 0 aromatic carbocycles. The van der Waals surface area contributed by atoms with Gasteiger partial charge in [0.2, 0.25) is 0 Å². The van der Waals surface area contributed by atoms with Gasteiger partial charge in [-0.3, -0.25) is 4.79 Å². The van der Waals surface area contributed by atoms with Crippen LogP contribution in [0.25, 0.3) is 0 Å². The maximum absolute atomic E-state index is 11.2. The number of hydrogen-bond acceptors (Lipinski definition) is 3. The molecule has 1 saturated heterocycles. The fraction of sp³-hybridized carbons (Fsp3) is 0.900. The van der Waals surface area contributed by atoms with Crippen molar-refractivity contribution in [3.05, 3.63) is 0 Å². The van der Waals surface area contributed by atoms with Crippen LogP contribution in [-0.2, 0) is 9.53 Å². The van der Waals surface area contributed by atoms with Crippen LogP contribution in [0.3, 0.4) is 0 Å². The van der Waals surface area contributed by atoms with Crippen molar-refractivity contribution in [1.29, 1.82) is 0 Å². The first kappa shape index (κ1) is 10.5. The van der Waals surface area contributed by atoms with Crippen molar-refractivity contribution in [1.82, 2.24) is 5.32 Å². The third-order valence-corrected chi connectivity index (χ3v) is 2.38. The van der Waals surface area contributed by atoms with Crippen molar-refractivity contribution in [3.63, 3.8) is 0 Å². The lowest BCUT2D eigenvalue weighted by Gasteiger charge is -2.13. The van der Waals surface area contributed by atoms with Gasteiger partial charge in [0.25, 0.3) is 0 Å². The van der Waals surface area contributed by atoms with E-state index < -0.39 is 0 Å². The van der Waals surface area contributed by atoms with E-state index >= 15 is 0 Å². The summed E-state index contributed by atoms with van der Waals surface area (Å²) in [4.78, 5) is 11.2. The number of carbonyl (C=O) groups is 1. The first-order valence-corrected chi connectivity index (χ1v) is 5.22. The smallest absolute Gasteiger partial charge is 0.307 e. The molecule has 0 saturated carbocycles. The van der Waals surface area contributed by atoms with Crippen molar-refractivity contribution in [3.8, 4) is 0 Å². The number of carbonyl (C=O) groups excluding carboxylic acids is 1. The van der Waals surface area contributed by atoms with Crippen molar-refractivity contribution in [2.75, 3.05) is 13.2 Å². The molecule has 1 rings (SSSR count). The van der Waals surface area contributed by atoms with Crippen LogP contribution in [-0.4, -0.2) is 25.2 Å². The topological polar surface area (TPSA) is 38.3 Å². The van der Waals surface area contributed by atoms with E-state index in [4.69, 9.17) is 4.74 Å². The van der Waals surface area contributed by atoms with Gasteiger partial charge in [0.1, 0.15) is 0 Å². The van der Waals surface area contributed by atoms with Crippen LogP contribution in [0.15, 0.2) is 0 Å². The number of esters is 1. The maximum atomic E-state index is 11.2. The highest BCUT2D eigenvalue weighted by Crippen LogP contribution is 2.11. The summed E-state index contributed by atoms with van der Waals surface area (Å²) in [6, 6.07) is 0.349. The SMILES string of the molecule is CCOC(=O)C[C@H]1CCCCCN1. The molecule has 0 aliphatic carbocycles. The molecule has 0 aromatic heterocycles. The average molecular weight is 185 g/mol. The minimum absolute atomic E-state index is 0.0677. The van der Waals surface area contributed by atoms with Crippen LogP contribution in [0.5, 0.6) is 0 Å². The Morgan fingerprint density at radius 3 is 3.08 bits per heavy atom. The van der Waals surface area contributed by atoms with Gasteiger partial charge in [-0.25, -0.2) is 0 Å². The van der Waals surface area contributed by atoms with Gasteiger partial charge >= 0.3 is 5.97 Å². The zero-order valence-corrected chi connectivity index (χ0v) is 8.34. The van der Waals surface area contributed by atoms with E-state index in [2.05, 4.69) is 5.32 Å². The van der Waals surface area contributed by atoms with Gasteiger partial charge in [0.15, 0.2) is 0 Å². The number of hydrogen-bond donors (Lipinski definition) is 1. The molecular formula is C10H19NO2. The molecule has 1 fully saturated rings. The summed E-state index contributed by atoms with van der Waals surface area (Å²) in [7, 11) is 0. The van der Waals surface area contributed by atoms with Gasteiger partial charge < -0.3 is 10.1 Å². The largest absolute Gasteiger partial charge is 0.466 e. The summed E-state index contributed by atoms with van der Waals surface area (Å²) in [6.07, 6.45) is 5.40. The van der Waals surface area contributed by atoms with Crippen LogP contribution in [0.2, 0.25) is 0 Å². The van der Waals surface area contributed by atoms with E-state index in [-0.39, 0.29) is 5.97 Å². The van der Waals surface area contributed by atoms with Crippen molar-refractivity contribution in [2.45, 2.75) is 45.1 Å². The van der Waals surface area contributed by atoms with E-state index in [1.165, 1.54) is 19.3 Å². The third kappa shape index (κ3) is 4.27. The molecule has 1 heterocycles. The first-order chi connectivity index (χ1) is 6.33. The van der Waals surface area contributed by atoms with Gasteiger partial charge in [-0.1, -0.05) is 12.8 Å². The molecule has 13 heavy (non-hydrogen) atoms. The Labute approximate surface area is 79.8 Å². The monoisotopic (exact) mass is 185 g/mol. The Morgan fingerprint density at radius 2 is 2.31 bits per heavy atom. The minimum Gasteiger partial charge on any atom is -0.466 e. The normalized spacial score (nSPS) is 23.6. The van der Waals surface area contributed by atoms with Gasteiger partial charge in [-0.05, 0) is 26.3 Å². The molecule has 3 nitrogen and oxygen atoms in total. The predicted molar refractivity (Wildman–Crippen MR) is 51.5 cm³/mol. The van der Waals surface area contributed by atoms with Crippen LogP contribution < -0.4 is 5.32 Å². The van der Waals surface area contributed by atoms with Crippen molar-refractivity contribution in [2.24, 2.45) is 0 Å². The van der Waals surface area contributed by atoms with Gasteiger partial charge in [-0.15, -0.1) is 0 Å². The summed E-state index contributed by atoms with van der Waals surface area (Å²) >= 11 is 0. The van der Waals surface area contributed by atoms with E-state index in [1.807, 2.05) is 6.92 Å². The second kappa shape index (κ2) is 5.97. The summed E-state index contributed by atoms with van der Waals surface area (Å²) in [5.41, 5.74) is 0. The second-order valence-corrected chi connectivity index (χ2v) is 3.51. The molecule has 76 valence electrons. The quantitative estimate of drug-likeness (QED) is 0.677. The standard InChI is InChI=1S/C10H19NO2/c1-2-13-10(12)8-9-6-4-3-5-7-11-9/h9,11H,2-8H2,1H3/t9-/m1/s1. The van der Waals surface area contributed by atoms with Crippen LogP contribution in [0.1, 0.15) is 39.0 Å². The second-order valence-electron chi connectivity index (χ2n) is 3.51. The van der Waals surface area contributed by atoms with E-state index in [1.54, 1.807) is 0 Å². The van der Waals surface area contributed by atoms with Gasteiger partial charge in [0, 0.05) is 6.04 Å². The highest BCUT2D eigenvalue weighted by Gasteiger charge is 2.15. The van der Waals surface area contributed by atoms with Crippen LogP contribution in [0.4, 0.5) is 0 Å². The Kier molecular flexibility index (Phi) is 4.83. The molecule has 3 heteroatoms. The summed E-state index contributed by atoms with van der Waals surface area (Å²) in [5.74, 6) is -0.0677. The molecule has 1 atom stereocenters. The molecule has 1 N–H and O–H groups in total. The third-order valence-electron chi connectivity index (χ3n) is 2.38. The molecule has 0 amide bonds. The Morgan fingerprint density at radius 1 is 1.46 bits per heavy atom. The number of rotatable bonds is 3. The van der Waals surface area contributed by atoms with Crippen LogP contribution in [0, 0.1) is 0 Å². The van der Waals surface area contributed by atoms with Gasteiger partial charge in [0.05, 0.1) is 13.0 Å². The lowest BCUT2D eigenvalue weighted by Crippen LogP contribution is -2.31. The zero-order valence-electron chi connectivity index (χ0n) is 8.34. The van der Waals surface area contributed by atoms with E-state index in [0.717, 1.165) is 13.0 Å². The molecule has 0 radical (unpaired) electrons. The van der Waals surface area contributed by atoms with Crippen molar-refractivity contribution < 1.29 is 9.53 Å². The summed E-state index contributed by atoms with van der Waals surface area (Å²) < 4.78 is 4.91. The van der Waals surface area contributed by atoms with E-state index in [9.17, 15) is 4.79 Å². The molecular weight excluding hydrogens is 166 g/mol. The highest BCUT2D eigenvalue weighted by molar-refractivity contribution is 5.70. The molecule has 1 aliphatic rings. The predicted octanol–water partition coefficient (Wildman–Crippen LogP) is 1.47. The minimum atomic E-state index is -0.0677. The molecule has 0 bridgehead atoms. The fourth-order valence-electron chi connectivity index (χ4n) is 1.70. The number of nitrogens with one attached hydrogen (secondary N) is 1. The molecule has 1 aliphatic heterocycles. The number of ether oxygens (including phenoxy) is 1.